The summed E-state index contributed by atoms with van der Waals surface area (Å²) in [7, 11) is 0. The molecule has 1 aliphatic heterocycles. The van der Waals surface area contributed by atoms with Crippen molar-refractivity contribution in [1.82, 2.24) is 10.2 Å². The lowest BCUT2D eigenvalue weighted by Crippen LogP contribution is -2.43. The van der Waals surface area contributed by atoms with Crippen LogP contribution < -0.4 is 5.32 Å². The van der Waals surface area contributed by atoms with Crippen LogP contribution in [-0.2, 0) is 0 Å². The Morgan fingerprint density at radius 3 is 2.52 bits per heavy atom. The second-order valence-electron chi connectivity index (χ2n) is 7.95. The summed E-state index contributed by atoms with van der Waals surface area (Å²) < 4.78 is 0. The summed E-state index contributed by atoms with van der Waals surface area (Å²) in [6, 6.07) is 0. The second-order valence-corrected chi connectivity index (χ2v) is 7.95. The smallest absolute Gasteiger partial charge is 0.00475 e. The van der Waals surface area contributed by atoms with E-state index in [4.69, 9.17) is 0 Å². The monoisotopic (exact) mass is 296 g/mol. The third kappa shape index (κ3) is 7.15. The van der Waals surface area contributed by atoms with E-state index in [0.717, 1.165) is 18.4 Å². The Kier molecular flexibility index (Phi) is 8.89. The molecule has 0 aromatic rings. The van der Waals surface area contributed by atoms with E-state index in [1.54, 1.807) is 0 Å². The molecule has 0 aromatic carbocycles. The van der Waals surface area contributed by atoms with Gasteiger partial charge in [0.15, 0.2) is 0 Å². The van der Waals surface area contributed by atoms with Crippen LogP contribution >= 0.6 is 0 Å². The molecule has 21 heavy (non-hydrogen) atoms. The average Bonchev–Trinajstić information content (AvgIpc) is 2.65. The fourth-order valence-electron chi connectivity index (χ4n) is 3.94. The molecule has 2 unspecified atom stereocenters. The fraction of sp³-hybridized carbons (Fsp3) is 1.00. The highest BCUT2D eigenvalue weighted by molar-refractivity contribution is 4.82. The number of nitrogens with zero attached hydrogens (tertiary/aromatic N) is 1. The molecule has 2 heteroatoms. The van der Waals surface area contributed by atoms with Gasteiger partial charge in [-0.1, -0.05) is 41.0 Å². The van der Waals surface area contributed by atoms with Gasteiger partial charge < -0.3 is 10.2 Å². The van der Waals surface area contributed by atoms with E-state index in [-0.39, 0.29) is 0 Å². The molecule has 1 saturated heterocycles. The summed E-state index contributed by atoms with van der Waals surface area (Å²) in [6.45, 7) is 18.1. The summed E-state index contributed by atoms with van der Waals surface area (Å²) in [5.74, 6) is 1.81. The van der Waals surface area contributed by atoms with Crippen molar-refractivity contribution >= 4 is 0 Å². The summed E-state index contributed by atoms with van der Waals surface area (Å²) in [5.41, 5.74) is 0.446. The van der Waals surface area contributed by atoms with Crippen molar-refractivity contribution in [1.29, 1.82) is 0 Å². The van der Waals surface area contributed by atoms with Gasteiger partial charge in [-0.25, -0.2) is 0 Å². The molecular weight excluding hydrogens is 256 g/mol. The SMILES string of the molecule is CCCNCC(C)(CCC)CN1CCCC(C(C)C)CC1. The lowest BCUT2D eigenvalue weighted by molar-refractivity contribution is 0.151. The molecule has 0 spiro atoms. The van der Waals surface area contributed by atoms with Crippen molar-refractivity contribution in [2.45, 2.75) is 73.1 Å². The summed E-state index contributed by atoms with van der Waals surface area (Å²) >= 11 is 0. The first-order valence-electron chi connectivity index (χ1n) is 9.44. The van der Waals surface area contributed by atoms with E-state index in [0.29, 0.717) is 5.41 Å². The molecule has 0 aliphatic carbocycles. The van der Waals surface area contributed by atoms with Gasteiger partial charge in [-0.05, 0) is 69.0 Å². The minimum Gasteiger partial charge on any atom is -0.316 e. The highest BCUT2D eigenvalue weighted by atomic mass is 15.1. The molecule has 0 amide bonds. The molecule has 1 aliphatic rings. The Labute approximate surface area is 134 Å². The minimum absolute atomic E-state index is 0.446. The third-order valence-electron chi connectivity index (χ3n) is 5.25. The van der Waals surface area contributed by atoms with Gasteiger partial charge in [-0.2, -0.15) is 0 Å². The van der Waals surface area contributed by atoms with Crippen molar-refractivity contribution in [3.8, 4) is 0 Å². The third-order valence-corrected chi connectivity index (χ3v) is 5.25. The van der Waals surface area contributed by atoms with Gasteiger partial charge in [-0.3, -0.25) is 0 Å². The molecule has 0 aromatic heterocycles. The van der Waals surface area contributed by atoms with Gasteiger partial charge in [0.05, 0.1) is 0 Å². The molecule has 2 nitrogen and oxygen atoms in total. The zero-order valence-corrected chi connectivity index (χ0v) is 15.4. The van der Waals surface area contributed by atoms with Crippen molar-refractivity contribution in [3.05, 3.63) is 0 Å². The number of nitrogens with one attached hydrogen (secondary N) is 1. The molecule has 1 heterocycles. The maximum absolute atomic E-state index is 3.67. The van der Waals surface area contributed by atoms with E-state index in [1.165, 1.54) is 64.7 Å². The van der Waals surface area contributed by atoms with Gasteiger partial charge in [0, 0.05) is 13.1 Å². The van der Waals surface area contributed by atoms with Gasteiger partial charge in [0.1, 0.15) is 0 Å². The number of rotatable bonds is 9. The van der Waals surface area contributed by atoms with E-state index in [9.17, 15) is 0 Å². The van der Waals surface area contributed by atoms with Crippen LogP contribution in [-0.4, -0.2) is 37.6 Å². The van der Waals surface area contributed by atoms with E-state index in [2.05, 4.69) is 44.8 Å². The van der Waals surface area contributed by atoms with E-state index >= 15 is 0 Å². The highest BCUT2D eigenvalue weighted by Gasteiger charge is 2.28. The molecule has 0 bridgehead atoms. The van der Waals surface area contributed by atoms with Crippen LogP contribution in [0.5, 0.6) is 0 Å². The van der Waals surface area contributed by atoms with Crippen LogP contribution in [0.2, 0.25) is 0 Å². The van der Waals surface area contributed by atoms with Crippen LogP contribution in [0, 0.1) is 17.3 Å². The van der Waals surface area contributed by atoms with Crippen LogP contribution in [0.25, 0.3) is 0 Å². The largest absolute Gasteiger partial charge is 0.316 e. The van der Waals surface area contributed by atoms with Gasteiger partial charge >= 0.3 is 0 Å². The van der Waals surface area contributed by atoms with Gasteiger partial charge in [0.25, 0.3) is 0 Å². The Balaban J connectivity index is 2.49. The van der Waals surface area contributed by atoms with Gasteiger partial charge in [0.2, 0.25) is 0 Å². The molecule has 1 rings (SSSR count). The topological polar surface area (TPSA) is 15.3 Å². The lowest BCUT2D eigenvalue weighted by Gasteiger charge is -2.35. The molecule has 126 valence electrons. The zero-order valence-electron chi connectivity index (χ0n) is 15.4. The molecular formula is C19H40N2. The normalized spacial score (nSPS) is 24.0. The van der Waals surface area contributed by atoms with Crippen LogP contribution in [0.1, 0.15) is 73.1 Å². The Morgan fingerprint density at radius 1 is 1.14 bits per heavy atom. The quantitative estimate of drug-likeness (QED) is 0.628. The lowest BCUT2D eigenvalue weighted by atomic mass is 9.84. The van der Waals surface area contributed by atoms with Crippen LogP contribution in [0.4, 0.5) is 0 Å². The molecule has 0 radical (unpaired) electrons. The maximum atomic E-state index is 3.67. The molecule has 2 atom stereocenters. The Bertz CT molecular complexity index is 264. The maximum Gasteiger partial charge on any atom is 0.00475 e. The predicted octanol–water partition coefficient (Wildman–Crippen LogP) is 4.55. The van der Waals surface area contributed by atoms with Crippen molar-refractivity contribution in [2.24, 2.45) is 17.3 Å². The van der Waals surface area contributed by atoms with E-state index < -0.39 is 0 Å². The number of hydrogen-bond acceptors (Lipinski definition) is 2. The standard InChI is InChI=1S/C19H40N2/c1-6-11-19(5,15-20-12-7-2)16-21-13-8-9-18(10-14-21)17(3)4/h17-18,20H,6-16H2,1-5H3. The first kappa shape index (κ1) is 19.0. The second kappa shape index (κ2) is 9.84. The zero-order chi connectivity index (χ0) is 15.7. The summed E-state index contributed by atoms with van der Waals surface area (Å²) in [6.07, 6.45) is 8.12. The summed E-state index contributed by atoms with van der Waals surface area (Å²) in [5, 5.41) is 3.67. The van der Waals surface area contributed by atoms with Crippen LogP contribution in [0.3, 0.4) is 0 Å². The first-order chi connectivity index (χ1) is 10.0. The Hall–Kier alpha value is -0.0800. The molecule has 1 fully saturated rings. The minimum atomic E-state index is 0.446. The molecule has 0 saturated carbocycles. The predicted molar refractivity (Wildman–Crippen MR) is 94.8 cm³/mol. The van der Waals surface area contributed by atoms with Crippen LogP contribution in [0.15, 0.2) is 0 Å². The average molecular weight is 297 g/mol. The number of likely N-dealkylation sites (tertiary alicyclic amines) is 1. The summed E-state index contributed by atoms with van der Waals surface area (Å²) in [4.78, 5) is 2.76. The van der Waals surface area contributed by atoms with Crippen molar-refractivity contribution in [3.63, 3.8) is 0 Å². The Morgan fingerprint density at radius 2 is 1.90 bits per heavy atom. The van der Waals surface area contributed by atoms with Crippen molar-refractivity contribution < 1.29 is 0 Å². The highest BCUT2D eigenvalue weighted by Crippen LogP contribution is 2.28. The fourth-order valence-corrected chi connectivity index (χ4v) is 3.94. The molecule has 1 N–H and O–H groups in total. The van der Waals surface area contributed by atoms with Gasteiger partial charge in [-0.15, -0.1) is 0 Å². The van der Waals surface area contributed by atoms with Crippen molar-refractivity contribution in [2.75, 3.05) is 32.7 Å². The first-order valence-corrected chi connectivity index (χ1v) is 9.44. The van der Waals surface area contributed by atoms with E-state index in [1.807, 2.05) is 0 Å². The number of hydrogen-bond donors (Lipinski definition) is 1.